The fourth-order valence-electron chi connectivity index (χ4n) is 1.86. The van der Waals surface area contributed by atoms with Crippen LogP contribution in [0.1, 0.15) is 24.2 Å². The summed E-state index contributed by atoms with van der Waals surface area (Å²) in [4.78, 5) is 25.2. The maximum Gasteiger partial charge on any atom is 0.299 e. The Bertz CT molecular complexity index is 542. The van der Waals surface area contributed by atoms with Crippen molar-refractivity contribution in [3.05, 3.63) is 35.4 Å². The number of benzene rings is 1. The Hall–Kier alpha value is -2.10. The molecule has 0 N–H and O–H groups in total. The lowest BCUT2D eigenvalue weighted by atomic mass is 10.1. The van der Waals surface area contributed by atoms with E-state index in [-0.39, 0.29) is 0 Å². The first-order valence-electron chi connectivity index (χ1n) is 5.72. The Balaban J connectivity index is 2.40. The van der Waals surface area contributed by atoms with Gasteiger partial charge in [0, 0.05) is 6.54 Å². The lowest BCUT2D eigenvalue weighted by molar-refractivity contribution is -0.114. The Morgan fingerprint density at radius 3 is 2.67 bits per heavy atom. The third-order valence-corrected chi connectivity index (χ3v) is 2.86. The summed E-state index contributed by atoms with van der Waals surface area (Å²) in [6.45, 7) is 4.33. The maximum absolute atomic E-state index is 11.9. The molecule has 0 saturated carbocycles. The summed E-state index contributed by atoms with van der Waals surface area (Å²) in [7, 11) is 1.53. The number of Topliss-reactive ketones (excluding diaryl/α,β-unsaturated/α-hetero) is 1. The highest BCUT2D eigenvalue weighted by Crippen LogP contribution is 2.31. The van der Waals surface area contributed by atoms with Gasteiger partial charge in [-0.15, -0.1) is 0 Å². The van der Waals surface area contributed by atoms with Crippen molar-refractivity contribution in [2.24, 2.45) is 0 Å². The highest BCUT2D eigenvalue weighted by atomic mass is 16.5. The molecular weight excluding hydrogens is 230 g/mol. The van der Waals surface area contributed by atoms with Crippen LogP contribution in [0.2, 0.25) is 0 Å². The number of anilines is 1. The van der Waals surface area contributed by atoms with Gasteiger partial charge in [0.1, 0.15) is 5.75 Å². The topological polar surface area (TPSA) is 46.6 Å². The number of ketones is 1. The first kappa shape index (κ1) is 12.4. The predicted molar refractivity (Wildman–Crippen MR) is 69.1 cm³/mol. The predicted octanol–water partition coefficient (Wildman–Crippen LogP) is 2.19. The monoisotopic (exact) mass is 245 g/mol. The molecular formula is C14H15NO3. The van der Waals surface area contributed by atoms with Crippen molar-refractivity contribution in [1.82, 2.24) is 0 Å². The van der Waals surface area contributed by atoms with E-state index in [1.165, 1.54) is 12.0 Å². The van der Waals surface area contributed by atoms with Gasteiger partial charge in [0.2, 0.25) is 0 Å². The van der Waals surface area contributed by atoms with Gasteiger partial charge in [0.25, 0.3) is 11.7 Å². The van der Waals surface area contributed by atoms with Crippen LogP contribution in [0.5, 0.6) is 5.75 Å². The summed E-state index contributed by atoms with van der Waals surface area (Å²) in [5.41, 5.74) is 2.18. The van der Waals surface area contributed by atoms with Crippen molar-refractivity contribution >= 4 is 17.4 Å². The molecule has 1 aliphatic rings. The fraction of sp³-hybridized carbons (Fsp3) is 0.286. The number of amides is 1. The van der Waals surface area contributed by atoms with E-state index in [1.54, 1.807) is 18.2 Å². The van der Waals surface area contributed by atoms with Crippen LogP contribution >= 0.6 is 0 Å². The molecule has 0 saturated heterocycles. The number of hydrogen-bond acceptors (Lipinski definition) is 3. The molecule has 0 bridgehead atoms. The van der Waals surface area contributed by atoms with Crippen molar-refractivity contribution in [1.29, 1.82) is 0 Å². The van der Waals surface area contributed by atoms with Gasteiger partial charge in [0.05, 0.1) is 18.4 Å². The first-order chi connectivity index (χ1) is 8.54. The number of carbonyl (C=O) groups excluding carboxylic acids is 2. The third-order valence-electron chi connectivity index (χ3n) is 2.86. The average molecular weight is 245 g/mol. The van der Waals surface area contributed by atoms with Gasteiger partial charge < -0.3 is 9.64 Å². The molecule has 1 heterocycles. The van der Waals surface area contributed by atoms with Gasteiger partial charge >= 0.3 is 0 Å². The van der Waals surface area contributed by atoms with E-state index in [9.17, 15) is 9.59 Å². The second-order valence-corrected chi connectivity index (χ2v) is 4.41. The van der Waals surface area contributed by atoms with E-state index in [2.05, 4.69) is 0 Å². The molecule has 0 aromatic heterocycles. The Morgan fingerprint density at radius 1 is 1.33 bits per heavy atom. The minimum Gasteiger partial charge on any atom is -0.497 e. The summed E-state index contributed by atoms with van der Waals surface area (Å²) in [6.07, 6.45) is 1.92. The number of nitrogens with zero attached hydrogens (tertiary/aromatic N) is 1. The molecule has 0 unspecified atom stereocenters. The Kier molecular flexibility index (Phi) is 3.19. The van der Waals surface area contributed by atoms with Crippen molar-refractivity contribution in [3.8, 4) is 5.75 Å². The van der Waals surface area contributed by atoms with E-state index >= 15 is 0 Å². The van der Waals surface area contributed by atoms with Gasteiger partial charge in [0.15, 0.2) is 0 Å². The minimum atomic E-state index is -0.476. The minimum absolute atomic E-state index is 0.418. The van der Waals surface area contributed by atoms with Gasteiger partial charge in [-0.1, -0.05) is 11.6 Å². The number of methoxy groups -OCH3 is 1. The van der Waals surface area contributed by atoms with E-state index in [0.29, 0.717) is 23.5 Å². The highest BCUT2D eigenvalue weighted by molar-refractivity contribution is 6.52. The van der Waals surface area contributed by atoms with E-state index in [0.717, 1.165) is 5.57 Å². The summed E-state index contributed by atoms with van der Waals surface area (Å²) in [5.74, 6) is -0.360. The van der Waals surface area contributed by atoms with Crippen LogP contribution in [0, 0.1) is 0 Å². The zero-order chi connectivity index (χ0) is 13.3. The Labute approximate surface area is 106 Å². The molecule has 94 valence electrons. The number of fused-ring (bicyclic) bond motifs is 1. The van der Waals surface area contributed by atoms with Crippen LogP contribution in [0.4, 0.5) is 5.69 Å². The number of carbonyl (C=O) groups is 2. The number of hydrogen-bond donors (Lipinski definition) is 0. The van der Waals surface area contributed by atoms with E-state index < -0.39 is 11.7 Å². The molecule has 1 aliphatic heterocycles. The summed E-state index contributed by atoms with van der Waals surface area (Å²) in [6, 6.07) is 5.11. The lowest BCUT2D eigenvalue weighted by Gasteiger charge is -2.14. The van der Waals surface area contributed by atoms with Gasteiger partial charge in [-0.2, -0.15) is 0 Å². The summed E-state index contributed by atoms with van der Waals surface area (Å²) >= 11 is 0. The molecule has 4 nitrogen and oxygen atoms in total. The largest absolute Gasteiger partial charge is 0.497 e. The number of allylic oxidation sites excluding steroid dienone is 1. The van der Waals surface area contributed by atoms with E-state index in [4.69, 9.17) is 4.74 Å². The maximum atomic E-state index is 11.9. The van der Waals surface area contributed by atoms with Gasteiger partial charge in [-0.25, -0.2) is 0 Å². The molecule has 1 aromatic carbocycles. The third kappa shape index (κ3) is 2.01. The molecule has 0 radical (unpaired) electrons. The molecule has 1 amide bonds. The van der Waals surface area contributed by atoms with Crippen molar-refractivity contribution in [3.63, 3.8) is 0 Å². The molecule has 0 fully saturated rings. The fourth-order valence-corrected chi connectivity index (χ4v) is 1.86. The van der Waals surface area contributed by atoms with Gasteiger partial charge in [-0.3, -0.25) is 9.59 Å². The second-order valence-electron chi connectivity index (χ2n) is 4.41. The Morgan fingerprint density at radius 2 is 2.06 bits per heavy atom. The quantitative estimate of drug-likeness (QED) is 0.605. The number of ether oxygens (including phenoxy) is 1. The SMILES string of the molecule is COc1ccc2c(c1)C(=O)C(=O)N2CC=C(C)C. The van der Waals surface area contributed by atoms with Crippen LogP contribution in [0.25, 0.3) is 0 Å². The lowest BCUT2D eigenvalue weighted by Crippen LogP contribution is -2.29. The zero-order valence-electron chi connectivity index (χ0n) is 10.7. The van der Waals surface area contributed by atoms with Crippen LogP contribution in [-0.4, -0.2) is 25.3 Å². The van der Waals surface area contributed by atoms with Crippen LogP contribution in [-0.2, 0) is 4.79 Å². The van der Waals surface area contributed by atoms with Crippen molar-refractivity contribution in [2.75, 3.05) is 18.6 Å². The molecule has 0 spiro atoms. The number of rotatable bonds is 3. The average Bonchev–Trinajstić information content (AvgIpc) is 2.59. The standard InChI is InChI=1S/C14H15NO3/c1-9(2)6-7-15-12-5-4-10(18-3)8-11(12)13(16)14(15)17/h4-6,8H,7H2,1-3H3. The molecule has 0 atom stereocenters. The molecule has 0 aliphatic carbocycles. The van der Waals surface area contributed by atoms with Crippen molar-refractivity contribution < 1.29 is 14.3 Å². The second kappa shape index (κ2) is 4.64. The molecule has 2 rings (SSSR count). The van der Waals surface area contributed by atoms with Gasteiger partial charge in [-0.05, 0) is 32.0 Å². The molecule has 18 heavy (non-hydrogen) atoms. The van der Waals surface area contributed by atoms with Crippen LogP contribution < -0.4 is 9.64 Å². The normalized spacial score (nSPS) is 13.6. The van der Waals surface area contributed by atoms with Crippen LogP contribution in [0.3, 0.4) is 0 Å². The van der Waals surface area contributed by atoms with Crippen molar-refractivity contribution in [2.45, 2.75) is 13.8 Å². The van der Waals surface area contributed by atoms with E-state index in [1.807, 2.05) is 19.9 Å². The summed E-state index contributed by atoms with van der Waals surface area (Å²) in [5, 5.41) is 0. The molecule has 4 heteroatoms. The first-order valence-corrected chi connectivity index (χ1v) is 5.72. The zero-order valence-corrected chi connectivity index (χ0v) is 10.7. The highest BCUT2D eigenvalue weighted by Gasteiger charge is 2.35. The van der Waals surface area contributed by atoms with Crippen LogP contribution in [0.15, 0.2) is 29.8 Å². The smallest absolute Gasteiger partial charge is 0.299 e. The summed E-state index contributed by atoms with van der Waals surface area (Å²) < 4.78 is 5.06. The molecule has 1 aromatic rings.